The van der Waals surface area contributed by atoms with E-state index in [0.717, 1.165) is 31.3 Å². The number of nitrogens with zero attached hydrogens (tertiary/aromatic N) is 3. The first kappa shape index (κ1) is 16.3. The smallest absolute Gasteiger partial charge is 0.227 e. The number of amides is 1. The lowest BCUT2D eigenvalue weighted by Gasteiger charge is -2.20. The Kier molecular flexibility index (Phi) is 6.18. The van der Waals surface area contributed by atoms with E-state index in [2.05, 4.69) is 32.4 Å². The molecule has 0 unspecified atom stereocenters. The summed E-state index contributed by atoms with van der Waals surface area (Å²) in [5.74, 6) is 1.46. The molecule has 0 aromatic carbocycles. The zero-order valence-electron chi connectivity index (χ0n) is 13.4. The van der Waals surface area contributed by atoms with Crippen LogP contribution in [0.3, 0.4) is 0 Å². The molecule has 1 aliphatic rings. The molecule has 1 aromatic rings. The van der Waals surface area contributed by atoms with E-state index in [-0.39, 0.29) is 5.91 Å². The number of carbonyl (C=O) groups is 1. The zero-order chi connectivity index (χ0) is 15.8. The van der Waals surface area contributed by atoms with E-state index in [4.69, 9.17) is 0 Å². The number of aryl methyl sites for hydroxylation is 1. The predicted molar refractivity (Wildman–Crippen MR) is 89.0 cm³/mol. The number of pyridine rings is 1. The second-order valence-electron chi connectivity index (χ2n) is 5.39. The molecule has 1 aromatic heterocycles. The van der Waals surface area contributed by atoms with Crippen LogP contribution in [0.5, 0.6) is 0 Å². The number of guanidine groups is 1. The Bertz CT molecular complexity index is 523. The average Bonchev–Trinajstić information content (AvgIpc) is 3.00. The second-order valence-corrected chi connectivity index (χ2v) is 5.39. The van der Waals surface area contributed by atoms with Gasteiger partial charge in [0.15, 0.2) is 5.96 Å². The maximum atomic E-state index is 11.9. The molecule has 22 heavy (non-hydrogen) atoms. The first-order valence-corrected chi connectivity index (χ1v) is 7.96. The predicted octanol–water partition coefficient (Wildman–Crippen LogP) is 1.78. The van der Waals surface area contributed by atoms with Gasteiger partial charge in [-0.05, 0) is 38.8 Å². The fourth-order valence-electron chi connectivity index (χ4n) is 2.44. The lowest BCUT2D eigenvalue weighted by molar-refractivity contribution is -0.116. The van der Waals surface area contributed by atoms with Crippen molar-refractivity contribution in [1.29, 1.82) is 0 Å². The number of nitrogens with one attached hydrogen (secondary N) is 2. The lowest BCUT2D eigenvalue weighted by Crippen LogP contribution is -2.39. The highest BCUT2D eigenvalue weighted by molar-refractivity contribution is 5.90. The third kappa shape index (κ3) is 5.02. The molecular formula is C16H25N5O. The van der Waals surface area contributed by atoms with Crippen LogP contribution >= 0.6 is 0 Å². The fourth-order valence-corrected chi connectivity index (χ4v) is 2.44. The summed E-state index contributed by atoms with van der Waals surface area (Å²) in [6.45, 7) is 7.38. The molecule has 1 amide bonds. The highest BCUT2D eigenvalue weighted by Gasteiger charge is 2.15. The Balaban J connectivity index is 1.82. The minimum Gasteiger partial charge on any atom is -0.357 e. The summed E-state index contributed by atoms with van der Waals surface area (Å²) in [7, 11) is 0. The van der Waals surface area contributed by atoms with Gasteiger partial charge in [0.05, 0.1) is 6.54 Å². The van der Waals surface area contributed by atoms with Crippen LogP contribution < -0.4 is 10.6 Å². The molecule has 6 heteroatoms. The lowest BCUT2D eigenvalue weighted by atomic mass is 10.3. The Hall–Kier alpha value is -2.11. The highest BCUT2D eigenvalue weighted by atomic mass is 16.1. The van der Waals surface area contributed by atoms with Crippen molar-refractivity contribution in [2.75, 3.05) is 31.5 Å². The number of likely N-dealkylation sites (tertiary alicyclic amines) is 1. The third-order valence-electron chi connectivity index (χ3n) is 3.50. The van der Waals surface area contributed by atoms with Gasteiger partial charge in [-0.25, -0.2) is 4.98 Å². The molecular weight excluding hydrogens is 278 g/mol. The van der Waals surface area contributed by atoms with Gasteiger partial charge in [0.25, 0.3) is 0 Å². The number of anilines is 1. The molecule has 120 valence electrons. The monoisotopic (exact) mass is 303 g/mol. The Labute approximate surface area is 132 Å². The van der Waals surface area contributed by atoms with Gasteiger partial charge in [-0.3, -0.25) is 9.79 Å². The summed E-state index contributed by atoms with van der Waals surface area (Å²) < 4.78 is 0. The summed E-state index contributed by atoms with van der Waals surface area (Å²) in [6, 6.07) is 5.58. The number of rotatable bonds is 5. The molecule has 1 fully saturated rings. The molecule has 2 heterocycles. The maximum Gasteiger partial charge on any atom is 0.227 e. The van der Waals surface area contributed by atoms with Crippen molar-refractivity contribution in [2.24, 2.45) is 4.99 Å². The molecule has 6 nitrogen and oxygen atoms in total. The second kappa shape index (κ2) is 8.36. The molecule has 0 atom stereocenters. The normalized spacial score (nSPS) is 15.0. The quantitative estimate of drug-likeness (QED) is 0.642. The molecule has 0 aliphatic carbocycles. The van der Waals surface area contributed by atoms with Crippen LogP contribution in [0.15, 0.2) is 23.2 Å². The van der Waals surface area contributed by atoms with Gasteiger partial charge in [0.1, 0.15) is 5.82 Å². The zero-order valence-corrected chi connectivity index (χ0v) is 13.4. The molecule has 0 radical (unpaired) electrons. The van der Waals surface area contributed by atoms with Crippen LogP contribution in [0.2, 0.25) is 0 Å². The summed E-state index contributed by atoms with van der Waals surface area (Å²) in [5, 5.41) is 6.09. The fraction of sp³-hybridized carbons (Fsp3) is 0.562. The molecule has 1 aliphatic heterocycles. The molecule has 2 rings (SSSR count). The van der Waals surface area contributed by atoms with E-state index in [0.29, 0.717) is 18.8 Å². The van der Waals surface area contributed by atoms with E-state index in [1.54, 1.807) is 6.07 Å². The van der Waals surface area contributed by atoms with Gasteiger partial charge in [-0.1, -0.05) is 6.07 Å². The van der Waals surface area contributed by atoms with Crippen molar-refractivity contribution >= 4 is 17.7 Å². The number of carbonyl (C=O) groups excluding carboxylic acids is 1. The van der Waals surface area contributed by atoms with E-state index < -0.39 is 0 Å². The van der Waals surface area contributed by atoms with Crippen molar-refractivity contribution in [1.82, 2.24) is 15.2 Å². The van der Waals surface area contributed by atoms with Crippen LogP contribution in [0.25, 0.3) is 0 Å². The van der Waals surface area contributed by atoms with Gasteiger partial charge in [-0.2, -0.15) is 0 Å². The minimum atomic E-state index is -0.0564. The summed E-state index contributed by atoms with van der Waals surface area (Å²) in [6.07, 6.45) is 2.78. The van der Waals surface area contributed by atoms with Crippen molar-refractivity contribution in [3.63, 3.8) is 0 Å². The van der Waals surface area contributed by atoms with Crippen LogP contribution in [0.4, 0.5) is 5.82 Å². The topological polar surface area (TPSA) is 69.6 Å². The van der Waals surface area contributed by atoms with Crippen LogP contribution in [-0.2, 0) is 4.79 Å². The molecule has 0 bridgehead atoms. The van der Waals surface area contributed by atoms with Gasteiger partial charge < -0.3 is 15.5 Å². The first-order valence-electron chi connectivity index (χ1n) is 7.96. The van der Waals surface area contributed by atoms with Gasteiger partial charge in [0, 0.05) is 31.7 Å². The SMILES string of the molecule is CCNC(=NCCC(=O)Nc1cccc(C)n1)N1CCCC1. The Morgan fingerprint density at radius 3 is 2.82 bits per heavy atom. The van der Waals surface area contributed by atoms with Gasteiger partial charge in [-0.15, -0.1) is 0 Å². The number of aromatic nitrogens is 1. The molecule has 0 saturated carbocycles. The van der Waals surface area contributed by atoms with Crippen molar-refractivity contribution < 1.29 is 4.79 Å². The Morgan fingerprint density at radius 2 is 2.14 bits per heavy atom. The van der Waals surface area contributed by atoms with Crippen LogP contribution in [-0.4, -0.2) is 47.9 Å². The maximum absolute atomic E-state index is 11.9. The van der Waals surface area contributed by atoms with E-state index in [1.807, 2.05) is 19.1 Å². The van der Waals surface area contributed by atoms with Crippen molar-refractivity contribution in [3.05, 3.63) is 23.9 Å². The standard InChI is InChI=1S/C16H25N5O/c1-3-17-16(21-11-4-5-12-21)18-10-9-15(22)20-14-8-6-7-13(2)19-14/h6-8H,3-5,9-12H2,1-2H3,(H,17,18)(H,19,20,22). The largest absolute Gasteiger partial charge is 0.357 e. The van der Waals surface area contributed by atoms with E-state index >= 15 is 0 Å². The summed E-state index contributed by atoms with van der Waals surface area (Å²) in [5.41, 5.74) is 0.888. The van der Waals surface area contributed by atoms with Gasteiger partial charge >= 0.3 is 0 Å². The third-order valence-corrected chi connectivity index (χ3v) is 3.50. The van der Waals surface area contributed by atoms with Crippen LogP contribution in [0, 0.1) is 6.92 Å². The highest BCUT2D eigenvalue weighted by Crippen LogP contribution is 2.08. The van der Waals surface area contributed by atoms with Crippen LogP contribution in [0.1, 0.15) is 31.9 Å². The molecule has 2 N–H and O–H groups in total. The van der Waals surface area contributed by atoms with Crippen molar-refractivity contribution in [3.8, 4) is 0 Å². The number of hydrogen-bond acceptors (Lipinski definition) is 3. The minimum absolute atomic E-state index is 0.0564. The van der Waals surface area contributed by atoms with Gasteiger partial charge in [0.2, 0.25) is 5.91 Å². The number of hydrogen-bond donors (Lipinski definition) is 2. The Morgan fingerprint density at radius 1 is 1.36 bits per heavy atom. The number of aliphatic imine (C=N–C) groups is 1. The van der Waals surface area contributed by atoms with E-state index in [9.17, 15) is 4.79 Å². The average molecular weight is 303 g/mol. The molecule has 1 saturated heterocycles. The first-order chi connectivity index (χ1) is 10.7. The summed E-state index contributed by atoms with van der Waals surface area (Å²) >= 11 is 0. The summed E-state index contributed by atoms with van der Waals surface area (Å²) in [4.78, 5) is 23.0. The molecule has 0 spiro atoms. The van der Waals surface area contributed by atoms with Crippen molar-refractivity contribution in [2.45, 2.75) is 33.1 Å². The van der Waals surface area contributed by atoms with E-state index in [1.165, 1.54) is 12.8 Å².